The lowest BCUT2D eigenvalue weighted by atomic mass is 10.2. The van der Waals surface area contributed by atoms with E-state index in [-0.39, 0.29) is 35.8 Å². The number of nitrogens with one attached hydrogen (secondary N) is 2. The predicted molar refractivity (Wildman–Crippen MR) is 117 cm³/mol. The van der Waals surface area contributed by atoms with Gasteiger partial charge >= 0.3 is 0 Å². The first-order valence-electron chi connectivity index (χ1n) is 8.22. The van der Waals surface area contributed by atoms with E-state index in [4.69, 9.17) is 9.47 Å². The van der Waals surface area contributed by atoms with E-state index < -0.39 is 9.84 Å². The van der Waals surface area contributed by atoms with Crippen LogP contribution in [0, 0.1) is 0 Å². The maximum absolute atomic E-state index is 11.3. The third-order valence-electron chi connectivity index (χ3n) is 3.55. The third-order valence-corrected chi connectivity index (χ3v) is 4.53. The van der Waals surface area contributed by atoms with Crippen molar-refractivity contribution in [2.24, 2.45) is 4.99 Å². The second kappa shape index (κ2) is 12.2. The number of benzene rings is 1. The van der Waals surface area contributed by atoms with Crippen LogP contribution in [-0.2, 0) is 16.4 Å². The molecule has 150 valence electrons. The molecule has 0 saturated carbocycles. The highest BCUT2D eigenvalue weighted by molar-refractivity contribution is 14.0. The monoisotopic (exact) mass is 499 g/mol. The van der Waals surface area contributed by atoms with Crippen LogP contribution in [0.5, 0.6) is 11.5 Å². The minimum Gasteiger partial charge on any atom is -0.497 e. The highest BCUT2D eigenvalue weighted by Gasteiger charge is 2.10. The summed E-state index contributed by atoms with van der Waals surface area (Å²) in [6, 6.07) is 5.59. The van der Waals surface area contributed by atoms with E-state index in [1.54, 1.807) is 14.2 Å². The van der Waals surface area contributed by atoms with E-state index in [1.807, 2.05) is 32.0 Å². The molecule has 0 heterocycles. The number of guanidine groups is 1. The number of hydrogen-bond acceptors (Lipinski definition) is 5. The van der Waals surface area contributed by atoms with Crippen LogP contribution in [0.2, 0.25) is 0 Å². The highest BCUT2D eigenvalue weighted by atomic mass is 127. The Balaban J connectivity index is 0.00000625. The molecule has 0 aromatic heterocycles. The largest absolute Gasteiger partial charge is 0.497 e. The fraction of sp³-hybridized carbons (Fsp3) is 0.588. The minimum absolute atomic E-state index is 0. The topological polar surface area (TPSA) is 89.0 Å². The summed E-state index contributed by atoms with van der Waals surface area (Å²) in [5.41, 5.74) is 0.935. The van der Waals surface area contributed by atoms with Crippen molar-refractivity contribution in [2.45, 2.75) is 32.9 Å². The molecule has 2 N–H and O–H groups in total. The first-order valence-corrected chi connectivity index (χ1v) is 10.3. The molecular formula is C17H30IN3O4S. The van der Waals surface area contributed by atoms with Crippen LogP contribution in [0.15, 0.2) is 23.2 Å². The molecule has 7 nitrogen and oxygen atoms in total. The fourth-order valence-electron chi connectivity index (χ4n) is 2.16. The van der Waals surface area contributed by atoms with Crippen molar-refractivity contribution >= 4 is 39.8 Å². The molecule has 0 aliphatic heterocycles. The molecule has 1 atom stereocenters. The Morgan fingerprint density at radius 2 is 1.96 bits per heavy atom. The van der Waals surface area contributed by atoms with Gasteiger partial charge in [-0.15, -0.1) is 24.0 Å². The van der Waals surface area contributed by atoms with Crippen molar-refractivity contribution in [1.82, 2.24) is 10.6 Å². The number of ether oxygens (including phenoxy) is 2. The smallest absolute Gasteiger partial charge is 0.191 e. The lowest BCUT2D eigenvalue weighted by Gasteiger charge is -2.17. The summed E-state index contributed by atoms with van der Waals surface area (Å²) >= 11 is 0. The van der Waals surface area contributed by atoms with Gasteiger partial charge < -0.3 is 20.1 Å². The molecule has 0 amide bonds. The molecule has 0 aliphatic carbocycles. The van der Waals surface area contributed by atoms with Crippen LogP contribution in [0.1, 0.15) is 25.8 Å². The Kier molecular flexibility index (Phi) is 11.6. The van der Waals surface area contributed by atoms with Gasteiger partial charge in [-0.1, -0.05) is 0 Å². The van der Waals surface area contributed by atoms with Gasteiger partial charge in [-0.25, -0.2) is 13.4 Å². The van der Waals surface area contributed by atoms with E-state index in [9.17, 15) is 8.42 Å². The minimum atomic E-state index is -2.97. The summed E-state index contributed by atoms with van der Waals surface area (Å²) in [7, 11) is 0.252. The molecule has 0 radical (unpaired) electrons. The van der Waals surface area contributed by atoms with Crippen LogP contribution in [0.25, 0.3) is 0 Å². The van der Waals surface area contributed by atoms with Gasteiger partial charge in [0, 0.05) is 30.5 Å². The first-order chi connectivity index (χ1) is 11.8. The highest BCUT2D eigenvalue weighted by Crippen LogP contribution is 2.25. The van der Waals surface area contributed by atoms with E-state index in [0.29, 0.717) is 31.2 Å². The molecule has 1 rings (SSSR count). The standard InChI is InChI=1S/C17H29N3O4S.HI/c1-6-18-17(20-13(2)9-10-25(5,21)22)19-12-14-7-8-15(23-3)11-16(14)24-4;/h7-8,11,13H,6,9-10,12H2,1-5H3,(H2,18,19,20);1H. The van der Waals surface area contributed by atoms with Crippen LogP contribution < -0.4 is 20.1 Å². The van der Waals surface area contributed by atoms with Gasteiger partial charge in [-0.3, -0.25) is 0 Å². The van der Waals surface area contributed by atoms with E-state index in [2.05, 4.69) is 15.6 Å². The Morgan fingerprint density at radius 3 is 2.50 bits per heavy atom. The summed E-state index contributed by atoms with van der Waals surface area (Å²) < 4.78 is 33.1. The number of halogens is 1. The average Bonchev–Trinajstić information content (AvgIpc) is 2.57. The molecule has 0 saturated heterocycles. The number of nitrogens with zero attached hydrogens (tertiary/aromatic N) is 1. The molecule has 0 spiro atoms. The number of methoxy groups -OCH3 is 2. The SMILES string of the molecule is CCNC(=NCc1ccc(OC)cc1OC)NC(C)CCS(C)(=O)=O.I. The van der Waals surface area contributed by atoms with Crippen molar-refractivity contribution in [3.8, 4) is 11.5 Å². The van der Waals surface area contributed by atoms with Gasteiger partial charge in [0.25, 0.3) is 0 Å². The Hall–Kier alpha value is -1.23. The zero-order chi connectivity index (χ0) is 18.9. The summed E-state index contributed by atoms with van der Waals surface area (Å²) in [6.45, 7) is 5.06. The lowest BCUT2D eigenvalue weighted by molar-refractivity contribution is 0.391. The van der Waals surface area contributed by atoms with Gasteiger partial charge in [-0.05, 0) is 32.4 Å². The van der Waals surface area contributed by atoms with Crippen molar-refractivity contribution in [3.63, 3.8) is 0 Å². The Morgan fingerprint density at radius 1 is 1.27 bits per heavy atom. The molecule has 1 unspecified atom stereocenters. The summed E-state index contributed by atoms with van der Waals surface area (Å²) in [4.78, 5) is 4.56. The van der Waals surface area contributed by atoms with Crippen LogP contribution in [0.3, 0.4) is 0 Å². The van der Waals surface area contributed by atoms with Crippen molar-refractivity contribution in [1.29, 1.82) is 0 Å². The molecule has 0 bridgehead atoms. The third kappa shape index (κ3) is 9.46. The van der Waals surface area contributed by atoms with Crippen molar-refractivity contribution < 1.29 is 17.9 Å². The maximum Gasteiger partial charge on any atom is 0.191 e. The second-order valence-electron chi connectivity index (χ2n) is 5.84. The van der Waals surface area contributed by atoms with Crippen LogP contribution in [0.4, 0.5) is 0 Å². The molecular weight excluding hydrogens is 469 g/mol. The van der Waals surface area contributed by atoms with Crippen LogP contribution >= 0.6 is 24.0 Å². The quantitative estimate of drug-likeness (QED) is 0.308. The average molecular weight is 499 g/mol. The molecule has 0 aliphatic rings. The molecule has 1 aromatic carbocycles. The molecule has 0 fully saturated rings. The van der Waals surface area contributed by atoms with E-state index in [1.165, 1.54) is 6.26 Å². The number of sulfone groups is 1. The number of aliphatic imine (C=N–C) groups is 1. The predicted octanol–water partition coefficient (Wildman–Crippen LogP) is 2.20. The fourth-order valence-corrected chi connectivity index (χ4v) is 2.94. The van der Waals surface area contributed by atoms with Crippen molar-refractivity contribution in [2.75, 3.05) is 32.8 Å². The normalized spacial score (nSPS) is 12.7. The van der Waals surface area contributed by atoms with Gasteiger partial charge in [0.05, 0.1) is 26.5 Å². The summed E-state index contributed by atoms with van der Waals surface area (Å²) in [5.74, 6) is 2.22. The Labute approximate surface area is 173 Å². The number of rotatable bonds is 9. The Bertz CT molecular complexity index is 681. The van der Waals surface area contributed by atoms with Gasteiger partial charge in [0.15, 0.2) is 5.96 Å². The maximum atomic E-state index is 11.3. The second-order valence-corrected chi connectivity index (χ2v) is 8.10. The first kappa shape index (κ1) is 24.8. The van der Waals surface area contributed by atoms with Crippen molar-refractivity contribution in [3.05, 3.63) is 23.8 Å². The van der Waals surface area contributed by atoms with E-state index in [0.717, 1.165) is 11.3 Å². The molecule has 9 heteroatoms. The van der Waals surface area contributed by atoms with E-state index >= 15 is 0 Å². The van der Waals surface area contributed by atoms with Crippen LogP contribution in [-0.4, -0.2) is 53.2 Å². The zero-order valence-electron chi connectivity index (χ0n) is 16.0. The lowest BCUT2D eigenvalue weighted by Crippen LogP contribution is -2.42. The van der Waals surface area contributed by atoms with Gasteiger partial charge in [0.1, 0.15) is 21.3 Å². The molecule has 1 aromatic rings. The van der Waals surface area contributed by atoms with Gasteiger partial charge in [-0.2, -0.15) is 0 Å². The summed E-state index contributed by atoms with van der Waals surface area (Å²) in [5, 5.41) is 6.39. The van der Waals surface area contributed by atoms with Gasteiger partial charge in [0.2, 0.25) is 0 Å². The molecule has 26 heavy (non-hydrogen) atoms. The zero-order valence-corrected chi connectivity index (χ0v) is 19.2. The summed E-state index contributed by atoms with van der Waals surface area (Å²) in [6.07, 6.45) is 1.77. The number of hydrogen-bond donors (Lipinski definition) is 2.